The number of hydrogen-bond donors (Lipinski definition) is 1. The van der Waals surface area contributed by atoms with E-state index in [1.165, 1.54) is 4.70 Å². The highest BCUT2D eigenvalue weighted by Gasteiger charge is 2.08. The molecule has 0 unspecified atom stereocenters. The summed E-state index contributed by atoms with van der Waals surface area (Å²) >= 11 is 1.73. The summed E-state index contributed by atoms with van der Waals surface area (Å²) in [4.78, 5) is 11.3. The van der Waals surface area contributed by atoms with Crippen LogP contribution in [0.3, 0.4) is 0 Å². The maximum atomic E-state index is 4.79. The van der Waals surface area contributed by atoms with Crippen LogP contribution in [0.5, 0.6) is 0 Å². The SMILES string of the molecule is CCNc1ccc2nc(-c3ccc(-c4ccc(N(C)C)nc4)cc3)sc2c1. The van der Waals surface area contributed by atoms with Gasteiger partial charge < -0.3 is 10.2 Å². The van der Waals surface area contributed by atoms with E-state index < -0.39 is 0 Å². The van der Waals surface area contributed by atoms with E-state index in [1.54, 1.807) is 11.3 Å². The van der Waals surface area contributed by atoms with Crippen molar-refractivity contribution in [3.8, 4) is 21.7 Å². The monoisotopic (exact) mass is 374 g/mol. The maximum absolute atomic E-state index is 4.79. The van der Waals surface area contributed by atoms with E-state index >= 15 is 0 Å². The van der Waals surface area contributed by atoms with Gasteiger partial charge in [-0.25, -0.2) is 9.97 Å². The zero-order valence-electron chi connectivity index (χ0n) is 15.7. The Labute approximate surface area is 163 Å². The molecule has 2 heterocycles. The molecule has 0 amide bonds. The van der Waals surface area contributed by atoms with Crippen molar-refractivity contribution in [1.29, 1.82) is 0 Å². The second-order valence-corrected chi connectivity index (χ2v) is 7.64. The Hall–Kier alpha value is -2.92. The van der Waals surface area contributed by atoms with Crippen molar-refractivity contribution in [2.24, 2.45) is 0 Å². The van der Waals surface area contributed by atoms with Gasteiger partial charge in [0.2, 0.25) is 0 Å². The van der Waals surface area contributed by atoms with Crippen molar-refractivity contribution in [1.82, 2.24) is 9.97 Å². The first kappa shape index (κ1) is 17.5. The molecular formula is C22H22N4S. The Bertz CT molecular complexity index is 1050. The van der Waals surface area contributed by atoms with E-state index in [0.29, 0.717) is 0 Å². The Morgan fingerprint density at radius 2 is 1.67 bits per heavy atom. The molecule has 2 aromatic carbocycles. The Morgan fingerprint density at radius 1 is 0.926 bits per heavy atom. The van der Waals surface area contributed by atoms with Crippen LogP contribution < -0.4 is 10.2 Å². The highest BCUT2D eigenvalue weighted by Crippen LogP contribution is 2.33. The predicted octanol–water partition coefficient (Wildman–Crippen LogP) is 5.52. The van der Waals surface area contributed by atoms with E-state index in [1.807, 2.05) is 31.3 Å². The molecule has 0 aliphatic heterocycles. The second-order valence-electron chi connectivity index (χ2n) is 6.61. The van der Waals surface area contributed by atoms with Crippen molar-refractivity contribution in [2.75, 3.05) is 30.9 Å². The molecule has 0 aliphatic carbocycles. The summed E-state index contributed by atoms with van der Waals surface area (Å²) in [7, 11) is 3.99. The molecule has 0 fully saturated rings. The Balaban J connectivity index is 1.60. The van der Waals surface area contributed by atoms with Gasteiger partial charge in [0, 0.05) is 43.7 Å². The summed E-state index contributed by atoms with van der Waals surface area (Å²) in [6.07, 6.45) is 1.92. The summed E-state index contributed by atoms with van der Waals surface area (Å²) in [6, 6.07) is 19.0. The number of hydrogen-bond acceptors (Lipinski definition) is 5. The Morgan fingerprint density at radius 3 is 2.33 bits per heavy atom. The van der Waals surface area contributed by atoms with E-state index in [2.05, 4.69) is 65.8 Å². The number of benzene rings is 2. The molecule has 0 atom stereocenters. The molecule has 0 saturated heterocycles. The quantitative estimate of drug-likeness (QED) is 0.499. The van der Waals surface area contributed by atoms with Gasteiger partial charge in [-0.15, -0.1) is 11.3 Å². The molecule has 4 rings (SSSR count). The van der Waals surface area contributed by atoms with Crippen LogP contribution in [0.4, 0.5) is 11.5 Å². The number of anilines is 2. The number of aromatic nitrogens is 2. The third kappa shape index (κ3) is 3.64. The van der Waals surface area contributed by atoms with E-state index in [9.17, 15) is 0 Å². The molecule has 1 N–H and O–H groups in total. The first-order valence-electron chi connectivity index (χ1n) is 9.02. The number of fused-ring (bicyclic) bond motifs is 1. The number of pyridine rings is 1. The minimum Gasteiger partial charge on any atom is -0.385 e. The van der Waals surface area contributed by atoms with Crippen molar-refractivity contribution in [2.45, 2.75) is 6.92 Å². The van der Waals surface area contributed by atoms with Crippen LogP contribution in [0.25, 0.3) is 31.9 Å². The lowest BCUT2D eigenvalue weighted by Gasteiger charge is -2.11. The van der Waals surface area contributed by atoms with Gasteiger partial charge in [0.05, 0.1) is 10.2 Å². The molecule has 0 radical (unpaired) electrons. The summed E-state index contributed by atoms with van der Waals surface area (Å²) in [5.41, 5.74) is 5.61. The lowest BCUT2D eigenvalue weighted by molar-refractivity contribution is 1.07. The minimum atomic E-state index is 0.920. The highest BCUT2D eigenvalue weighted by molar-refractivity contribution is 7.21. The fourth-order valence-corrected chi connectivity index (χ4v) is 4.00. The molecule has 4 aromatic rings. The summed E-state index contributed by atoms with van der Waals surface area (Å²) in [5.74, 6) is 0.960. The van der Waals surface area contributed by atoms with Crippen LogP contribution in [0.2, 0.25) is 0 Å². The van der Waals surface area contributed by atoms with Gasteiger partial charge in [0.25, 0.3) is 0 Å². The lowest BCUT2D eigenvalue weighted by atomic mass is 10.1. The van der Waals surface area contributed by atoms with Crippen LogP contribution >= 0.6 is 11.3 Å². The van der Waals surface area contributed by atoms with Gasteiger partial charge in [0.15, 0.2) is 0 Å². The molecular weight excluding hydrogens is 352 g/mol. The van der Waals surface area contributed by atoms with Gasteiger partial charge in [-0.05, 0) is 42.8 Å². The molecule has 0 bridgehead atoms. The molecule has 136 valence electrons. The molecule has 5 heteroatoms. The Kier molecular flexibility index (Phi) is 4.77. The molecule has 0 saturated carbocycles. The normalized spacial score (nSPS) is 10.9. The minimum absolute atomic E-state index is 0.920. The van der Waals surface area contributed by atoms with Crippen molar-refractivity contribution < 1.29 is 0 Å². The second kappa shape index (κ2) is 7.37. The predicted molar refractivity (Wildman–Crippen MR) is 117 cm³/mol. The van der Waals surface area contributed by atoms with Crippen molar-refractivity contribution >= 4 is 33.1 Å². The third-order valence-corrected chi connectivity index (χ3v) is 5.51. The summed E-state index contributed by atoms with van der Waals surface area (Å²) in [5, 5.41) is 4.40. The number of nitrogens with zero attached hydrogens (tertiary/aromatic N) is 3. The van der Waals surface area contributed by atoms with E-state index in [0.717, 1.165) is 45.3 Å². The van der Waals surface area contributed by atoms with Crippen molar-refractivity contribution in [3.05, 3.63) is 60.8 Å². The average molecular weight is 375 g/mol. The first-order chi connectivity index (χ1) is 13.1. The fraction of sp³-hybridized carbons (Fsp3) is 0.182. The van der Waals surface area contributed by atoms with Gasteiger partial charge in [0.1, 0.15) is 10.8 Å². The third-order valence-electron chi connectivity index (χ3n) is 4.44. The van der Waals surface area contributed by atoms with Gasteiger partial charge in [-0.3, -0.25) is 0 Å². The van der Waals surface area contributed by atoms with Gasteiger partial charge in [-0.1, -0.05) is 24.3 Å². The van der Waals surface area contributed by atoms with Crippen molar-refractivity contribution in [3.63, 3.8) is 0 Å². The van der Waals surface area contributed by atoms with E-state index in [-0.39, 0.29) is 0 Å². The average Bonchev–Trinajstić information content (AvgIpc) is 3.12. The topological polar surface area (TPSA) is 41.1 Å². The lowest BCUT2D eigenvalue weighted by Crippen LogP contribution is -2.09. The van der Waals surface area contributed by atoms with E-state index in [4.69, 9.17) is 4.98 Å². The van der Waals surface area contributed by atoms with Gasteiger partial charge >= 0.3 is 0 Å². The summed E-state index contributed by atoms with van der Waals surface area (Å²) in [6.45, 7) is 3.02. The van der Waals surface area contributed by atoms with Crippen LogP contribution in [0.1, 0.15) is 6.92 Å². The largest absolute Gasteiger partial charge is 0.385 e. The van der Waals surface area contributed by atoms with Crippen LogP contribution in [-0.4, -0.2) is 30.6 Å². The number of rotatable bonds is 5. The molecule has 0 spiro atoms. The zero-order valence-corrected chi connectivity index (χ0v) is 16.5. The number of thiazole rings is 1. The van der Waals surface area contributed by atoms with Crippen LogP contribution in [-0.2, 0) is 0 Å². The first-order valence-corrected chi connectivity index (χ1v) is 9.84. The molecule has 2 aromatic heterocycles. The molecule has 27 heavy (non-hydrogen) atoms. The summed E-state index contributed by atoms with van der Waals surface area (Å²) < 4.78 is 1.20. The highest BCUT2D eigenvalue weighted by atomic mass is 32.1. The number of nitrogens with one attached hydrogen (secondary N) is 1. The smallest absolute Gasteiger partial charge is 0.127 e. The van der Waals surface area contributed by atoms with Gasteiger partial charge in [-0.2, -0.15) is 0 Å². The fourth-order valence-electron chi connectivity index (χ4n) is 2.99. The van der Waals surface area contributed by atoms with Crippen LogP contribution in [0, 0.1) is 0 Å². The van der Waals surface area contributed by atoms with Crippen LogP contribution in [0.15, 0.2) is 60.8 Å². The molecule has 0 aliphatic rings. The zero-order chi connectivity index (χ0) is 18.8. The maximum Gasteiger partial charge on any atom is 0.127 e. The molecule has 4 nitrogen and oxygen atoms in total. The standard InChI is InChI=1S/C22H22N4S/c1-4-23-18-10-11-19-20(13-18)27-22(25-19)16-7-5-15(6-8-16)17-9-12-21(24-14-17)26(2)3/h5-14,23H,4H2,1-3H3.